The van der Waals surface area contributed by atoms with Crippen molar-refractivity contribution in [2.24, 2.45) is 5.10 Å². The van der Waals surface area contributed by atoms with E-state index in [1.807, 2.05) is 0 Å². The molecule has 0 bridgehead atoms. The van der Waals surface area contributed by atoms with E-state index in [1.165, 1.54) is 6.92 Å². The van der Waals surface area contributed by atoms with Crippen molar-refractivity contribution < 1.29 is 14.4 Å². The highest BCUT2D eigenvalue weighted by atomic mass is 16.2. The molecule has 0 saturated heterocycles. The number of carbonyl (C=O) groups excluding carboxylic acids is 3. The van der Waals surface area contributed by atoms with Crippen LogP contribution in [0.3, 0.4) is 0 Å². The Morgan fingerprint density at radius 3 is 2.00 bits per heavy atom. The van der Waals surface area contributed by atoms with Crippen LogP contribution in [0.1, 0.15) is 33.6 Å². The summed E-state index contributed by atoms with van der Waals surface area (Å²) >= 11 is 0. The predicted octanol–water partition coefficient (Wildman–Crippen LogP) is 1.88. The van der Waals surface area contributed by atoms with Crippen molar-refractivity contribution in [2.75, 3.05) is 10.6 Å². The smallest absolute Gasteiger partial charge is 0.239 e. The molecule has 0 atom stereocenters. The highest BCUT2D eigenvalue weighted by Gasteiger charge is 2.05. The molecule has 0 radical (unpaired) electrons. The second-order valence-electron chi connectivity index (χ2n) is 4.72. The molecule has 3 N–H and O–H groups in total. The van der Waals surface area contributed by atoms with Gasteiger partial charge in [0.05, 0.1) is 6.42 Å². The van der Waals surface area contributed by atoms with Crippen LogP contribution in [0, 0.1) is 0 Å². The molecule has 1 aromatic rings. The Kier molecular flexibility index (Phi) is 6.75. The Morgan fingerprint density at radius 1 is 0.955 bits per heavy atom. The molecule has 0 aromatic heterocycles. The number of anilines is 2. The number of rotatable bonds is 6. The number of hydrogen-bond donors (Lipinski definition) is 3. The summed E-state index contributed by atoms with van der Waals surface area (Å²) < 4.78 is 0. The third kappa shape index (κ3) is 6.65. The van der Waals surface area contributed by atoms with E-state index >= 15 is 0 Å². The summed E-state index contributed by atoms with van der Waals surface area (Å²) in [6, 6.07) is 6.77. The maximum atomic E-state index is 11.8. The molecule has 0 aliphatic heterocycles. The highest BCUT2D eigenvalue weighted by molar-refractivity contribution is 6.05. The third-order valence-corrected chi connectivity index (χ3v) is 2.60. The van der Waals surface area contributed by atoms with Crippen LogP contribution in [-0.4, -0.2) is 23.4 Å². The molecule has 3 amide bonds. The molecule has 1 rings (SSSR count). The lowest BCUT2D eigenvalue weighted by Gasteiger charge is -2.07. The maximum Gasteiger partial charge on any atom is 0.239 e. The minimum absolute atomic E-state index is 0.0808. The van der Waals surface area contributed by atoms with Gasteiger partial charge in [-0.15, -0.1) is 0 Å². The van der Waals surface area contributed by atoms with Crippen LogP contribution < -0.4 is 16.1 Å². The van der Waals surface area contributed by atoms with Gasteiger partial charge in [-0.3, -0.25) is 14.4 Å². The van der Waals surface area contributed by atoms with E-state index in [0.29, 0.717) is 23.5 Å². The first-order valence-corrected chi connectivity index (χ1v) is 6.90. The molecule has 0 fully saturated rings. The zero-order valence-electron chi connectivity index (χ0n) is 12.9. The van der Waals surface area contributed by atoms with Crippen LogP contribution in [0.15, 0.2) is 29.4 Å². The van der Waals surface area contributed by atoms with Crippen LogP contribution in [-0.2, 0) is 14.4 Å². The molecule has 0 aliphatic rings. The standard InChI is InChI=1S/C15H20N4O3/c1-4-14(21)19-18-10(2)9-15(22)17-13-7-5-12(6-8-13)16-11(3)20/h5-8H,4,9H2,1-3H3,(H,16,20)(H,17,22)(H,19,21)/b18-10-. The minimum atomic E-state index is -0.237. The van der Waals surface area contributed by atoms with Crippen molar-refractivity contribution in [2.45, 2.75) is 33.6 Å². The SMILES string of the molecule is CCC(=O)N/N=C(/C)CC(=O)Nc1ccc(NC(C)=O)cc1. The second-order valence-corrected chi connectivity index (χ2v) is 4.72. The number of nitrogens with one attached hydrogen (secondary N) is 3. The van der Waals surface area contributed by atoms with E-state index in [-0.39, 0.29) is 24.1 Å². The van der Waals surface area contributed by atoms with Crippen molar-refractivity contribution in [3.63, 3.8) is 0 Å². The minimum Gasteiger partial charge on any atom is -0.326 e. The van der Waals surface area contributed by atoms with Gasteiger partial charge >= 0.3 is 0 Å². The first-order valence-electron chi connectivity index (χ1n) is 6.90. The fourth-order valence-electron chi connectivity index (χ4n) is 1.55. The Hall–Kier alpha value is -2.70. The van der Waals surface area contributed by atoms with Crippen molar-refractivity contribution in [3.8, 4) is 0 Å². The van der Waals surface area contributed by atoms with Crippen molar-refractivity contribution >= 4 is 34.8 Å². The van der Waals surface area contributed by atoms with Gasteiger partial charge in [-0.05, 0) is 31.2 Å². The molecular formula is C15H20N4O3. The second kappa shape index (κ2) is 8.56. The number of benzene rings is 1. The van der Waals surface area contributed by atoms with E-state index in [1.54, 1.807) is 38.1 Å². The first-order chi connectivity index (χ1) is 10.4. The summed E-state index contributed by atoms with van der Waals surface area (Å²) in [6.07, 6.45) is 0.418. The Labute approximate surface area is 129 Å². The summed E-state index contributed by atoms with van der Waals surface area (Å²) in [4.78, 5) is 33.8. The average molecular weight is 304 g/mol. The Bertz CT molecular complexity index is 579. The van der Waals surface area contributed by atoms with Crippen molar-refractivity contribution in [1.82, 2.24) is 5.43 Å². The van der Waals surface area contributed by atoms with Crippen LogP contribution in [0.5, 0.6) is 0 Å². The van der Waals surface area contributed by atoms with Gasteiger partial charge < -0.3 is 10.6 Å². The fraction of sp³-hybridized carbons (Fsp3) is 0.333. The molecule has 7 nitrogen and oxygen atoms in total. The fourth-order valence-corrected chi connectivity index (χ4v) is 1.55. The number of hydrazone groups is 1. The van der Waals surface area contributed by atoms with E-state index in [0.717, 1.165) is 0 Å². The molecule has 0 heterocycles. The van der Waals surface area contributed by atoms with E-state index in [9.17, 15) is 14.4 Å². The first kappa shape index (κ1) is 17.4. The van der Waals surface area contributed by atoms with Gasteiger partial charge in [-0.25, -0.2) is 5.43 Å². The van der Waals surface area contributed by atoms with Crippen molar-refractivity contribution in [3.05, 3.63) is 24.3 Å². The van der Waals surface area contributed by atoms with Gasteiger partial charge in [0, 0.05) is 30.4 Å². The zero-order chi connectivity index (χ0) is 16.5. The summed E-state index contributed by atoms with van der Waals surface area (Å²) in [5, 5.41) is 9.18. The number of hydrogen-bond acceptors (Lipinski definition) is 4. The summed E-state index contributed by atoms with van der Waals surface area (Å²) in [7, 11) is 0. The average Bonchev–Trinajstić information content (AvgIpc) is 2.46. The van der Waals surface area contributed by atoms with Gasteiger partial charge in [0.1, 0.15) is 0 Å². The van der Waals surface area contributed by atoms with Crippen LogP contribution in [0.2, 0.25) is 0 Å². The van der Waals surface area contributed by atoms with Crippen LogP contribution in [0.4, 0.5) is 11.4 Å². The van der Waals surface area contributed by atoms with Crippen LogP contribution in [0.25, 0.3) is 0 Å². The van der Waals surface area contributed by atoms with E-state index in [2.05, 4.69) is 21.2 Å². The Morgan fingerprint density at radius 2 is 1.50 bits per heavy atom. The molecule has 1 aromatic carbocycles. The highest BCUT2D eigenvalue weighted by Crippen LogP contribution is 2.13. The molecule has 0 saturated carbocycles. The summed E-state index contributed by atoms with van der Waals surface area (Å²) in [5.41, 5.74) is 4.14. The maximum absolute atomic E-state index is 11.8. The Balaban J connectivity index is 2.51. The van der Waals surface area contributed by atoms with Crippen molar-refractivity contribution in [1.29, 1.82) is 0 Å². The molecule has 0 spiro atoms. The number of carbonyl (C=O) groups is 3. The quantitative estimate of drug-likeness (QED) is 0.552. The monoisotopic (exact) mass is 304 g/mol. The molecule has 22 heavy (non-hydrogen) atoms. The number of nitrogens with zero attached hydrogens (tertiary/aromatic N) is 1. The third-order valence-electron chi connectivity index (χ3n) is 2.60. The predicted molar refractivity (Wildman–Crippen MR) is 85.5 cm³/mol. The summed E-state index contributed by atoms with van der Waals surface area (Å²) in [5.74, 6) is -0.592. The molecular weight excluding hydrogens is 284 g/mol. The lowest BCUT2D eigenvalue weighted by atomic mass is 10.2. The molecule has 118 valence electrons. The molecule has 7 heteroatoms. The topological polar surface area (TPSA) is 99.7 Å². The number of amides is 3. The largest absolute Gasteiger partial charge is 0.326 e. The van der Waals surface area contributed by atoms with Gasteiger partial charge in [-0.2, -0.15) is 5.10 Å². The van der Waals surface area contributed by atoms with Crippen LogP contribution >= 0.6 is 0 Å². The zero-order valence-corrected chi connectivity index (χ0v) is 12.9. The normalized spacial score (nSPS) is 10.8. The van der Waals surface area contributed by atoms with Gasteiger partial charge in [0.25, 0.3) is 0 Å². The van der Waals surface area contributed by atoms with Gasteiger partial charge in [0.15, 0.2) is 0 Å². The van der Waals surface area contributed by atoms with Gasteiger partial charge in [-0.1, -0.05) is 6.92 Å². The summed E-state index contributed by atoms with van der Waals surface area (Å²) in [6.45, 7) is 4.81. The lowest BCUT2D eigenvalue weighted by Crippen LogP contribution is -2.20. The van der Waals surface area contributed by atoms with E-state index < -0.39 is 0 Å². The lowest BCUT2D eigenvalue weighted by molar-refractivity contribution is -0.121. The molecule has 0 aliphatic carbocycles. The molecule has 0 unspecified atom stereocenters. The van der Waals surface area contributed by atoms with Gasteiger partial charge in [0.2, 0.25) is 17.7 Å². The van der Waals surface area contributed by atoms with E-state index in [4.69, 9.17) is 0 Å².